The summed E-state index contributed by atoms with van der Waals surface area (Å²) in [5, 5.41) is 0.985. The number of hydrogen-bond donors (Lipinski definition) is 1. The molecule has 0 atom stereocenters. The van der Waals surface area contributed by atoms with E-state index in [1.54, 1.807) is 30.6 Å². The molecule has 1 N–H and O–H groups in total. The van der Waals surface area contributed by atoms with Crippen molar-refractivity contribution >= 4 is 22.1 Å². The summed E-state index contributed by atoms with van der Waals surface area (Å²) in [5.74, 6) is 0. The second kappa shape index (κ2) is 7.90. The van der Waals surface area contributed by atoms with Gasteiger partial charge in [0.15, 0.2) is 5.65 Å². The Morgan fingerprint density at radius 3 is 2.38 bits per heavy atom. The maximum absolute atomic E-state index is 12.8. The number of fused-ring (bicyclic) bond motifs is 2. The second-order valence-corrected chi connectivity index (χ2v) is 7.82. The Hall–Kier alpha value is -4.91. The van der Waals surface area contributed by atoms with Crippen LogP contribution in [0.3, 0.4) is 0 Å². The Labute approximate surface area is 193 Å². The SMILES string of the molecule is O=c1[nH]c2nc(-c3ccccc3)c(-c3ccc4ncccc4c3)nc2cc1-n1ccccc1=O. The van der Waals surface area contributed by atoms with E-state index >= 15 is 0 Å². The number of aromatic nitrogens is 5. The van der Waals surface area contributed by atoms with E-state index in [-0.39, 0.29) is 11.2 Å². The highest BCUT2D eigenvalue weighted by atomic mass is 16.1. The Kier molecular flexibility index (Phi) is 4.59. The number of hydrogen-bond acceptors (Lipinski definition) is 5. The fraction of sp³-hybridized carbons (Fsp3) is 0. The highest BCUT2D eigenvalue weighted by molar-refractivity contribution is 5.89. The van der Waals surface area contributed by atoms with Crippen LogP contribution in [-0.4, -0.2) is 24.5 Å². The van der Waals surface area contributed by atoms with E-state index in [0.717, 1.165) is 22.0 Å². The molecule has 0 bridgehead atoms. The lowest BCUT2D eigenvalue weighted by atomic mass is 10.0. The molecule has 0 aliphatic rings. The molecule has 6 aromatic rings. The Bertz CT molecular complexity index is 1810. The molecule has 4 heterocycles. The molecular formula is C27H17N5O2. The molecular weight excluding hydrogens is 426 g/mol. The van der Waals surface area contributed by atoms with Crippen LogP contribution in [0, 0.1) is 0 Å². The smallest absolute Gasteiger partial charge is 0.274 e. The molecule has 4 aromatic heterocycles. The van der Waals surface area contributed by atoms with Crippen molar-refractivity contribution in [3.63, 3.8) is 0 Å². The van der Waals surface area contributed by atoms with E-state index in [2.05, 4.69) is 9.97 Å². The molecule has 0 amide bonds. The monoisotopic (exact) mass is 443 g/mol. The zero-order valence-electron chi connectivity index (χ0n) is 17.8. The number of nitrogens with one attached hydrogen (secondary N) is 1. The van der Waals surface area contributed by atoms with Crippen LogP contribution in [0.1, 0.15) is 0 Å². The third-order valence-electron chi connectivity index (χ3n) is 5.67. The molecule has 6 rings (SSSR count). The van der Waals surface area contributed by atoms with Crippen LogP contribution in [0.5, 0.6) is 0 Å². The summed E-state index contributed by atoms with van der Waals surface area (Å²) >= 11 is 0. The van der Waals surface area contributed by atoms with E-state index in [4.69, 9.17) is 9.97 Å². The van der Waals surface area contributed by atoms with Crippen LogP contribution in [-0.2, 0) is 0 Å². The third-order valence-corrected chi connectivity index (χ3v) is 5.67. The number of pyridine rings is 3. The molecule has 0 radical (unpaired) electrons. The molecule has 7 heteroatoms. The predicted octanol–water partition coefficient (Wildman–Crippen LogP) is 4.35. The summed E-state index contributed by atoms with van der Waals surface area (Å²) in [6.07, 6.45) is 3.32. The molecule has 0 saturated heterocycles. The first kappa shape index (κ1) is 19.8. The van der Waals surface area contributed by atoms with E-state index in [9.17, 15) is 9.59 Å². The van der Waals surface area contributed by atoms with Crippen molar-refractivity contribution in [1.29, 1.82) is 0 Å². The first-order valence-corrected chi connectivity index (χ1v) is 10.7. The van der Waals surface area contributed by atoms with Gasteiger partial charge in [-0.05, 0) is 30.3 Å². The van der Waals surface area contributed by atoms with Gasteiger partial charge in [-0.2, -0.15) is 0 Å². The number of benzene rings is 2. The van der Waals surface area contributed by atoms with Crippen molar-refractivity contribution in [3.8, 4) is 28.2 Å². The minimum absolute atomic E-state index is 0.188. The fourth-order valence-electron chi connectivity index (χ4n) is 4.03. The van der Waals surface area contributed by atoms with Crippen LogP contribution in [0.15, 0.2) is 107 Å². The average molecular weight is 443 g/mol. The van der Waals surface area contributed by atoms with Crippen molar-refractivity contribution in [3.05, 3.63) is 118 Å². The largest absolute Gasteiger partial charge is 0.303 e. The molecule has 34 heavy (non-hydrogen) atoms. The van der Waals surface area contributed by atoms with Gasteiger partial charge in [0.05, 0.1) is 16.9 Å². The zero-order valence-corrected chi connectivity index (χ0v) is 17.8. The van der Waals surface area contributed by atoms with E-state index < -0.39 is 5.56 Å². The van der Waals surface area contributed by atoms with Crippen molar-refractivity contribution in [2.24, 2.45) is 0 Å². The standard InChI is InChI=1S/C27H17N5O2/c33-23-10-4-5-14-32(23)22-16-21-26(31-27(22)34)30-24(17-7-2-1-3-8-17)25(29-21)19-11-12-20-18(15-19)9-6-13-28-20/h1-16H,(H,30,31,34). The van der Waals surface area contributed by atoms with Crippen LogP contribution in [0.4, 0.5) is 0 Å². The van der Waals surface area contributed by atoms with Gasteiger partial charge >= 0.3 is 0 Å². The molecule has 7 nitrogen and oxygen atoms in total. The molecule has 0 fully saturated rings. The summed E-state index contributed by atoms with van der Waals surface area (Å²) in [7, 11) is 0. The predicted molar refractivity (Wildman–Crippen MR) is 132 cm³/mol. The maximum atomic E-state index is 12.8. The fourth-order valence-corrected chi connectivity index (χ4v) is 4.03. The summed E-state index contributed by atoms with van der Waals surface area (Å²) < 4.78 is 1.30. The highest BCUT2D eigenvalue weighted by Gasteiger charge is 2.16. The molecule has 0 aliphatic carbocycles. The van der Waals surface area contributed by atoms with Gasteiger partial charge in [0, 0.05) is 35.0 Å². The second-order valence-electron chi connectivity index (χ2n) is 7.82. The lowest BCUT2D eigenvalue weighted by Gasteiger charge is -2.12. The van der Waals surface area contributed by atoms with Crippen LogP contribution in [0.25, 0.3) is 50.3 Å². The number of rotatable bonds is 3. The minimum Gasteiger partial charge on any atom is -0.303 e. The summed E-state index contributed by atoms with van der Waals surface area (Å²) in [6, 6.07) is 25.9. The molecule has 0 unspecified atom stereocenters. The number of aromatic amines is 1. The molecule has 162 valence electrons. The summed E-state index contributed by atoms with van der Waals surface area (Å²) in [6.45, 7) is 0. The Balaban J connectivity index is 1.65. The van der Waals surface area contributed by atoms with Gasteiger partial charge in [0.2, 0.25) is 0 Å². The number of H-pyrrole nitrogens is 1. The highest BCUT2D eigenvalue weighted by Crippen LogP contribution is 2.32. The Morgan fingerprint density at radius 2 is 1.53 bits per heavy atom. The quantitative estimate of drug-likeness (QED) is 0.439. The van der Waals surface area contributed by atoms with Crippen LogP contribution in [0.2, 0.25) is 0 Å². The summed E-state index contributed by atoms with van der Waals surface area (Å²) in [4.78, 5) is 42.1. The lowest BCUT2D eigenvalue weighted by Crippen LogP contribution is -2.24. The van der Waals surface area contributed by atoms with Gasteiger partial charge in [0.1, 0.15) is 11.2 Å². The number of nitrogens with zero attached hydrogens (tertiary/aromatic N) is 4. The first-order valence-electron chi connectivity index (χ1n) is 10.7. The minimum atomic E-state index is -0.418. The molecule has 0 saturated carbocycles. The topological polar surface area (TPSA) is 93.5 Å². The van der Waals surface area contributed by atoms with E-state index in [1.807, 2.05) is 60.7 Å². The third kappa shape index (κ3) is 3.36. The van der Waals surface area contributed by atoms with Crippen molar-refractivity contribution < 1.29 is 0 Å². The molecule has 0 spiro atoms. The van der Waals surface area contributed by atoms with Gasteiger partial charge < -0.3 is 4.98 Å². The Morgan fingerprint density at radius 1 is 0.706 bits per heavy atom. The normalized spacial score (nSPS) is 11.2. The first-order chi connectivity index (χ1) is 16.7. The van der Waals surface area contributed by atoms with E-state index in [0.29, 0.717) is 22.6 Å². The molecule has 2 aromatic carbocycles. The van der Waals surface area contributed by atoms with E-state index in [1.165, 1.54) is 10.6 Å². The van der Waals surface area contributed by atoms with Gasteiger partial charge in [-0.1, -0.05) is 48.5 Å². The van der Waals surface area contributed by atoms with Crippen LogP contribution < -0.4 is 11.1 Å². The lowest BCUT2D eigenvalue weighted by molar-refractivity contribution is 0.963. The van der Waals surface area contributed by atoms with Crippen molar-refractivity contribution in [2.75, 3.05) is 0 Å². The summed E-state index contributed by atoms with van der Waals surface area (Å²) in [5.41, 5.74) is 4.25. The van der Waals surface area contributed by atoms with Crippen molar-refractivity contribution in [1.82, 2.24) is 24.5 Å². The van der Waals surface area contributed by atoms with Gasteiger partial charge in [-0.15, -0.1) is 0 Å². The maximum Gasteiger partial charge on any atom is 0.274 e. The van der Waals surface area contributed by atoms with Gasteiger partial charge in [-0.25, -0.2) is 9.97 Å². The van der Waals surface area contributed by atoms with Crippen LogP contribution >= 0.6 is 0 Å². The average Bonchev–Trinajstić information content (AvgIpc) is 2.88. The zero-order chi connectivity index (χ0) is 23.1. The molecule has 0 aliphatic heterocycles. The van der Waals surface area contributed by atoms with Gasteiger partial charge in [0.25, 0.3) is 11.1 Å². The van der Waals surface area contributed by atoms with Gasteiger partial charge in [-0.3, -0.25) is 19.1 Å². The van der Waals surface area contributed by atoms with Crippen molar-refractivity contribution in [2.45, 2.75) is 0 Å².